The molecule has 5 unspecified atom stereocenters. The average molecular weight is 451 g/mol. The highest BCUT2D eigenvalue weighted by molar-refractivity contribution is 5.64. The van der Waals surface area contributed by atoms with Crippen LogP contribution in [0.4, 0.5) is 0 Å². The number of methoxy groups -OCH3 is 3. The molecule has 5 atom stereocenters. The van der Waals surface area contributed by atoms with Crippen LogP contribution in [-0.4, -0.2) is 37.6 Å². The van der Waals surface area contributed by atoms with E-state index >= 15 is 0 Å². The van der Waals surface area contributed by atoms with Gasteiger partial charge in [-0.3, -0.25) is 0 Å². The maximum absolute atomic E-state index is 11.5. The van der Waals surface area contributed by atoms with Crippen LogP contribution in [0.5, 0.6) is 23.0 Å². The summed E-state index contributed by atoms with van der Waals surface area (Å²) in [6.07, 6.45) is 6.77. The first-order valence-electron chi connectivity index (χ1n) is 11.9. The van der Waals surface area contributed by atoms with Crippen molar-refractivity contribution in [2.45, 2.75) is 51.0 Å². The molecule has 0 spiro atoms. The van der Waals surface area contributed by atoms with Crippen LogP contribution in [-0.2, 0) is 6.42 Å². The van der Waals surface area contributed by atoms with Crippen LogP contribution in [0.25, 0.3) is 6.08 Å². The number of hydrogen-bond donors (Lipinski definition) is 2. The van der Waals surface area contributed by atoms with E-state index in [9.17, 15) is 10.2 Å². The summed E-state index contributed by atoms with van der Waals surface area (Å²) in [7, 11) is 4.84. The Hall–Kier alpha value is -2.66. The molecule has 2 fully saturated rings. The van der Waals surface area contributed by atoms with Gasteiger partial charge in [0.25, 0.3) is 0 Å². The van der Waals surface area contributed by atoms with Gasteiger partial charge in [0.1, 0.15) is 5.75 Å². The van der Waals surface area contributed by atoms with Crippen LogP contribution in [0.2, 0.25) is 0 Å². The smallest absolute Gasteiger partial charge is 0.203 e. The minimum Gasteiger partial charge on any atom is -0.508 e. The van der Waals surface area contributed by atoms with Gasteiger partial charge in [-0.05, 0) is 96.4 Å². The molecule has 0 amide bonds. The molecule has 0 heterocycles. The number of aromatic hydroxyl groups is 1. The third-order valence-electron chi connectivity index (χ3n) is 8.62. The van der Waals surface area contributed by atoms with Gasteiger partial charge in [0.2, 0.25) is 5.75 Å². The van der Waals surface area contributed by atoms with Crippen molar-refractivity contribution in [1.82, 2.24) is 0 Å². The fourth-order valence-corrected chi connectivity index (χ4v) is 6.97. The predicted octanol–water partition coefficient (Wildman–Crippen LogP) is 5.33. The SMILES string of the molecule is COc1cc(/C=C2\CC3C4CCc5cc(O)ccc5C4CCC3(C)C2O)cc(OC)c1OC. The molecular formula is C28H34O5. The number of benzene rings is 2. The van der Waals surface area contributed by atoms with Crippen molar-refractivity contribution in [2.75, 3.05) is 21.3 Å². The predicted molar refractivity (Wildman–Crippen MR) is 128 cm³/mol. The van der Waals surface area contributed by atoms with Crippen LogP contribution in [0.3, 0.4) is 0 Å². The normalized spacial score (nSPS) is 31.5. The lowest BCUT2D eigenvalue weighted by molar-refractivity contribution is -0.0158. The fourth-order valence-electron chi connectivity index (χ4n) is 6.97. The molecule has 33 heavy (non-hydrogen) atoms. The molecule has 5 nitrogen and oxygen atoms in total. The number of fused-ring (bicyclic) bond motifs is 5. The third kappa shape index (κ3) is 3.48. The summed E-state index contributed by atoms with van der Waals surface area (Å²) < 4.78 is 16.5. The van der Waals surface area contributed by atoms with E-state index < -0.39 is 6.10 Å². The zero-order valence-electron chi connectivity index (χ0n) is 19.9. The molecule has 176 valence electrons. The van der Waals surface area contributed by atoms with E-state index in [0.29, 0.717) is 40.8 Å². The first-order valence-corrected chi connectivity index (χ1v) is 11.9. The Morgan fingerprint density at radius 2 is 1.73 bits per heavy atom. The lowest BCUT2D eigenvalue weighted by Crippen LogP contribution is -2.44. The quantitative estimate of drug-likeness (QED) is 0.659. The zero-order valence-corrected chi connectivity index (χ0v) is 19.9. The van der Waals surface area contributed by atoms with Crippen LogP contribution in [0, 0.1) is 17.3 Å². The average Bonchev–Trinajstić information content (AvgIpc) is 3.08. The largest absolute Gasteiger partial charge is 0.508 e. The molecule has 0 radical (unpaired) electrons. The summed E-state index contributed by atoms with van der Waals surface area (Å²) in [5.74, 6) is 3.69. The van der Waals surface area contributed by atoms with Gasteiger partial charge < -0.3 is 24.4 Å². The van der Waals surface area contributed by atoms with Crippen molar-refractivity contribution in [2.24, 2.45) is 17.3 Å². The Morgan fingerprint density at radius 1 is 1.00 bits per heavy atom. The second-order valence-corrected chi connectivity index (χ2v) is 10.1. The summed E-state index contributed by atoms with van der Waals surface area (Å²) in [6, 6.07) is 9.78. The van der Waals surface area contributed by atoms with E-state index in [-0.39, 0.29) is 5.41 Å². The number of aliphatic hydroxyl groups excluding tert-OH is 1. The number of rotatable bonds is 4. The van der Waals surface area contributed by atoms with Crippen LogP contribution >= 0.6 is 0 Å². The van der Waals surface area contributed by atoms with Gasteiger partial charge in [-0.15, -0.1) is 0 Å². The van der Waals surface area contributed by atoms with Crippen molar-refractivity contribution in [1.29, 1.82) is 0 Å². The Balaban J connectivity index is 1.48. The monoisotopic (exact) mass is 450 g/mol. The number of hydrogen-bond acceptors (Lipinski definition) is 5. The molecular weight excluding hydrogens is 416 g/mol. The molecule has 0 aromatic heterocycles. The maximum Gasteiger partial charge on any atom is 0.203 e. The molecule has 3 aliphatic carbocycles. The van der Waals surface area contributed by atoms with E-state index in [1.165, 1.54) is 11.1 Å². The Morgan fingerprint density at radius 3 is 2.39 bits per heavy atom. The van der Waals surface area contributed by atoms with Crippen LogP contribution in [0.1, 0.15) is 55.2 Å². The maximum atomic E-state index is 11.5. The van der Waals surface area contributed by atoms with Crippen molar-refractivity contribution in [3.8, 4) is 23.0 Å². The molecule has 2 N–H and O–H groups in total. The number of aryl methyl sites for hydroxylation is 1. The molecule has 2 aromatic carbocycles. The summed E-state index contributed by atoms with van der Waals surface area (Å²) >= 11 is 0. The van der Waals surface area contributed by atoms with Gasteiger partial charge in [0.05, 0.1) is 27.4 Å². The summed E-state index contributed by atoms with van der Waals surface area (Å²) in [5, 5.41) is 21.4. The van der Waals surface area contributed by atoms with E-state index in [4.69, 9.17) is 14.2 Å². The molecule has 5 heteroatoms. The first-order chi connectivity index (χ1) is 15.9. The Bertz CT molecular complexity index is 1060. The Kier molecular flexibility index (Phi) is 5.56. The molecule has 0 aliphatic heterocycles. The number of phenols is 1. The highest BCUT2D eigenvalue weighted by Gasteiger charge is 2.56. The third-order valence-corrected chi connectivity index (χ3v) is 8.62. The topological polar surface area (TPSA) is 68.2 Å². The number of phenolic OH excluding ortho intramolecular Hbond substituents is 1. The number of aliphatic hydroxyl groups is 1. The Labute approximate surface area is 196 Å². The van der Waals surface area contributed by atoms with Gasteiger partial charge in [0, 0.05) is 5.41 Å². The van der Waals surface area contributed by atoms with Gasteiger partial charge in [-0.1, -0.05) is 19.1 Å². The molecule has 0 bridgehead atoms. The van der Waals surface area contributed by atoms with Gasteiger partial charge in [0.15, 0.2) is 11.5 Å². The van der Waals surface area contributed by atoms with Crippen molar-refractivity contribution in [3.63, 3.8) is 0 Å². The first kappa shape index (κ1) is 22.1. The number of ether oxygens (including phenoxy) is 3. The van der Waals surface area contributed by atoms with Gasteiger partial charge in [-0.25, -0.2) is 0 Å². The highest BCUT2D eigenvalue weighted by atomic mass is 16.5. The second kappa shape index (κ2) is 8.28. The van der Waals surface area contributed by atoms with E-state index in [2.05, 4.69) is 19.1 Å². The minimum atomic E-state index is -0.455. The fraction of sp³-hybridized carbons (Fsp3) is 0.500. The van der Waals surface area contributed by atoms with Crippen molar-refractivity contribution >= 4 is 6.08 Å². The standard InChI is InChI=1S/C28H34O5/c1-28-10-9-21-20-8-6-19(29)14-17(20)5-7-22(21)23(28)15-18(27(28)30)11-16-12-24(31-2)26(33-4)25(13-16)32-3/h6,8,11-14,21-23,27,29-30H,5,7,9-10,15H2,1-4H3/b18-11+. The summed E-state index contributed by atoms with van der Waals surface area (Å²) in [4.78, 5) is 0. The molecule has 5 rings (SSSR count). The van der Waals surface area contributed by atoms with Crippen molar-refractivity contribution in [3.05, 3.63) is 52.6 Å². The summed E-state index contributed by atoms with van der Waals surface area (Å²) in [5.41, 5.74) is 4.63. The van der Waals surface area contributed by atoms with E-state index in [0.717, 1.165) is 43.2 Å². The lowest BCUT2D eigenvalue weighted by atomic mass is 9.55. The van der Waals surface area contributed by atoms with Gasteiger partial charge >= 0.3 is 0 Å². The molecule has 2 saturated carbocycles. The van der Waals surface area contributed by atoms with Gasteiger partial charge in [-0.2, -0.15) is 0 Å². The minimum absolute atomic E-state index is 0.109. The lowest BCUT2D eigenvalue weighted by Gasteiger charge is -2.49. The molecule has 2 aromatic rings. The zero-order chi connectivity index (χ0) is 23.3. The highest BCUT2D eigenvalue weighted by Crippen LogP contribution is 2.62. The van der Waals surface area contributed by atoms with E-state index in [1.54, 1.807) is 21.3 Å². The summed E-state index contributed by atoms with van der Waals surface area (Å²) in [6.45, 7) is 2.28. The van der Waals surface area contributed by atoms with E-state index in [1.807, 2.05) is 24.3 Å². The molecule has 0 saturated heterocycles. The molecule has 3 aliphatic rings. The second-order valence-electron chi connectivity index (χ2n) is 10.1. The van der Waals surface area contributed by atoms with Crippen LogP contribution < -0.4 is 14.2 Å². The van der Waals surface area contributed by atoms with Crippen LogP contribution in [0.15, 0.2) is 35.9 Å². The van der Waals surface area contributed by atoms with Crippen molar-refractivity contribution < 1.29 is 24.4 Å².